The molecule has 0 unspecified atom stereocenters. The molecule has 0 aliphatic heterocycles. The number of nitrogens with zero attached hydrogens (tertiary/aromatic N) is 2. The molecule has 0 spiro atoms. The van der Waals surface area contributed by atoms with Gasteiger partial charge in [-0.2, -0.15) is 5.10 Å². The highest BCUT2D eigenvalue weighted by molar-refractivity contribution is 7.12. The van der Waals surface area contributed by atoms with Crippen molar-refractivity contribution in [2.24, 2.45) is 5.10 Å². The van der Waals surface area contributed by atoms with Crippen LogP contribution in [0.25, 0.3) is 0 Å². The van der Waals surface area contributed by atoms with Gasteiger partial charge in [0.05, 0.1) is 16.0 Å². The summed E-state index contributed by atoms with van der Waals surface area (Å²) in [6.07, 6.45) is 1.37. The van der Waals surface area contributed by atoms with Crippen molar-refractivity contribution < 1.29 is 9.72 Å². The molecular weight excluding hydrogens is 278 g/mol. The zero-order valence-electron chi connectivity index (χ0n) is 10.6. The van der Waals surface area contributed by atoms with Crippen LogP contribution in [-0.4, -0.2) is 17.0 Å². The lowest BCUT2D eigenvalue weighted by atomic mass is 10.1. The smallest absolute Gasteiger partial charge is 0.266 e. The zero-order chi connectivity index (χ0) is 14.5. The van der Waals surface area contributed by atoms with Gasteiger partial charge in [-0.1, -0.05) is 18.2 Å². The minimum absolute atomic E-state index is 0.0264. The van der Waals surface area contributed by atoms with Gasteiger partial charge in [0.15, 0.2) is 0 Å². The van der Waals surface area contributed by atoms with E-state index in [9.17, 15) is 14.9 Å². The minimum atomic E-state index is -0.448. The van der Waals surface area contributed by atoms with E-state index in [-0.39, 0.29) is 11.6 Å². The Hall–Kier alpha value is -2.54. The Morgan fingerprint density at radius 3 is 2.90 bits per heavy atom. The van der Waals surface area contributed by atoms with Crippen molar-refractivity contribution in [3.05, 3.63) is 61.8 Å². The number of aryl methyl sites for hydroxylation is 1. The number of thiophene rings is 1. The Balaban J connectivity index is 2.07. The van der Waals surface area contributed by atoms with Crippen LogP contribution < -0.4 is 5.43 Å². The van der Waals surface area contributed by atoms with Crippen molar-refractivity contribution in [1.29, 1.82) is 0 Å². The SMILES string of the molecule is Cc1ccc(/C=N\NC(=O)c2cccs2)cc1[N+](=O)[O-]. The third kappa shape index (κ3) is 3.27. The molecular formula is C13H11N3O3S. The van der Waals surface area contributed by atoms with Crippen molar-refractivity contribution in [2.45, 2.75) is 6.92 Å². The van der Waals surface area contributed by atoms with Crippen molar-refractivity contribution in [2.75, 3.05) is 0 Å². The molecule has 0 radical (unpaired) electrons. The van der Waals surface area contributed by atoms with Crippen LogP contribution in [0.3, 0.4) is 0 Å². The monoisotopic (exact) mass is 289 g/mol. The second kappa shape index (κ2) is 6.07. The summed E-state index contributed by atoms with van der Waals surface area (Å²) in [7, 11) is 0. The number of amides is 1. The predicted molar refractivity (Wildman–Crippen MR) is 77.2 cm³/mol. The number of hydrazone groups is 1. The molecule has 2 rings (SSSR count). The van der Waals surface area contributed by atoms with Gasteiger partial charge in [0.1, 0.15) is 0 Å². The van der Waals surface area contributed by atoms with Crippen LogP contribution in [0, 0.1) is 17.0 Å². The highest BCUT2D eigenvalue weighted by Crippen LogP contribution is 2.18. The first-order valence-corrected chi connectivity index (χ1v) is 6.58. The first kappa shape index (κ1) is 13.9. The van der Waals surface area contributed by atoms with Gasteiger partial charge in [-0.3, -0.25) is 14.9 Å². The Morgan fingerprint density at radius 1 is 1.45 bits per heavy atom. The molecule has 2 aromatic rings. The lowest BCUT2D eigenvalue weighted by Gasteiger charge is -1.99. The molecule has 1 aromatic carbocycles. The molecule has 1 heterocycles. The average molecular weight is 289 g/mol. The molecule has 1 aromatic heterocycles. The summed E-state index contributed by atoms with van der Waals surface area (Å²) in [4.78, 5) is 22.5. The lowest BCUT2D eigenvalue weighted by Crippen LogP contribution is -2.16. The Bertz CT molecular complexity index is 666. The largest absolute Gasteiger partial charge is 0.281 e. The van der Waals surface area contributed by atoms with E-state index in [0.717, 1.165) is 0 Å². The van der Waals surface area contributed by atoms with E-state index in [4.69, 9.17) is 0 Å². The molecule has 0 aliphatic carbocycles. The number of nitrogens with one attached hydrogen (secondary N) is 1. The van der Waals surface area contributed by atoms with Crippen molar-refractivity contribution in [1.82, 2.24) is 5.43 Å². The quantitative estimate of drug-likeness (QED) is 0.533. The molecule has 1 N–H and O–H groups in total. The molecule has 0 bridgehead atoms. The first-order valence-electron chi connectivity index (χ1n) is 5.70. The van der Waals surface area contributed by atoms with Gasteiger partial charge in [-0.05, 0) is 18.4 Å². The van der Waals surface area contributed by atoms with Crippen LogP contribution in [0.1, 0.15) is 20.8 Å². The average Bonchev–Trinajstić information content (AvgIpc) is 2.94. The summed E-state index contributed by atoms with van der Waals surface area (Å²) >= 11 is 1.31. The molecule has 0 aliphatic rings. The number of benzene rings is 1. The Morgan fingerprint density at radius 2 is 2.25 bits per heavy atom. The summed E-state index contributed by atoms with van der Waals surface area (Å²) in [5, 5.41) is 16.4. The van der Waals surface area contributed by atoms with Crippen molar-refractivity contribution in [3.63, 3.8) is 0 Å². The number of carbonyl (C=O) groups is 1. The maximum Gasteiger partial charge on any atom is 0.281 e. The molecule has 6 nitrogen and oxygen atoms in total. The topological polar surface area (TPSA) is 84.6 Å². The zero-order valence-corrected chi connectivity index (χ0v) is 11.4. The van der Waals surface area contributed by atoms with Crippen molar-refractivity contribution in [3.8, 4) is 0 Å². The molecule has 0 fully saturated rings. The highest BCUT2D eigenvalue weighted by Gasteiger charge is 2.10. The third-order valence-corrected chi connectivity index (χ3v) is 3.42. The molecule has 7 heteroatoms. The van der Waals surface area contributed by atoms with Gasteiger partial charge in [-0.15, -0.1) is 11.3 Å². The van der Waals surface area contributed by atoms with Gasteiger partial charge in [0.25, 0.3) is 11.6 Å². The molecule has 0 atom stereocenters. The Kier molecular flexibility index (Phi) is 4.21. The number of rotatable bonds is 4. The van der Waals surface area contributed by atoms with Crippen LogP contribution in [0.4, 0.5) is 5.69 Å². The van der Waals surface area contributed by atoms with Crippen molar-refractivity contribution >= 4 is 29.1 Å². The summed E-state index contributed by atoms with van der Waals surface area (Å²) in [5.41, 5.74) is 3.52. The second-order valence-corrected chi connectivity index (χ2v) is 4.93. The van der Waals surface area contributed by atoms with Crippen LogP contribution >= 0.6 is 11.3 Å². The molecule has 1 amide bonds. The number of hydrogen-bond acceptors (Lipinski definition) is 5. The number of hydrogen-bond donors (Lipinski definition) is 1. The third-order valence-electron chi connectivity index (χ3n) is 2.55. The highest BCUT2D eigenvalue weighted by atomic mass is 32.1. The van der Waals surface area contributed by atoms with Gasteiger partial charge >= 0.3 is 0 Å². The van der Waals surface area contributed by atoms with Crippen LogP contribution in [0.15, 0.2) is 40.8 Å². The predicted octanol–water partition coefficient (Wildman–Crippen LogP) is 2.73. The maximum atomic E-state index is 11.6. The normalized spacial score (nSPS) is 10.7. The van der Waals surface area contributed by atoms with Gasteiger partial charge in [0, 0.05) is 17.2 Å². The fourth-order valence-electron chi connectivity index (χ4n) is 1.53. The first-order chi connectivity index (χ1) is 9.58. The molecule has 0 saturated carbocycles. The standard InChI is InChI=1S/C13H11N3O3S/c1-9-4-5-10(7-11(9)16(18)19)8-14-15-13(17)12-3-2-6-20-12/h2-8H,1H3,(H,15,17)/b14-8-. The molecule has 0 saturated heterocycles. The van der Waals surface area contributed by atoms with E-state index in [2.05, 4.69) is 10.5 Å². The summed E-state index contributed by atoms with van der Waals surface area (Å²) < 4.78 is 0. The van der Waals surface area contributed by atoms with Gasteiger partial charge in [0.2, 0.25) is 0 Å². The number of carbonyl (C=O) groups excluding carboxylic acids is 1. The fraction of sp³-hybridized carbons (Fsp3) is 0.0769. The minimum Gasteiger partial charge on any atom is -0.266 e. The summed E-state index contributed by atoms with van der Waals surface area (Å²) in [6, 6.07) is 8.21. The number of nitro groups is 1. The summed E-state index contributed by atoms with van der Waals surface area (Å²) in [6.45, 7) is 1.66. The number of nitro benzene ring substituents is 1. The second-order valence-electron chi connectivity index (χ2n) is 3.98. The van der Waals surface area contributed by atoms with E-state index < -0.39 is 4.92 Å². The molecule has 102 valence electrons. The van der Waals surface area contributed by atoms with E-state index in [1.165, 1.54) is 23.6 Å². The lowest BCUT2D eigenvalue weighted by molar-refractivity contribution is -0.385. The van der Waals surface area contributed by atoms with E-state index in [1.807, 2.05) is 0 Å². The molecule has 20 heavy (non-hydrogen) atoms. The van der Waals surface area contributed by atoms with Crippen LogP contribution in [0.5, 0.6) is 0 Å². The van der Waals surface area contributed by atoms with Crippen LogP contribution in [0.2, 0.25) is 0 Å². The van der Waals surface area contributed by atoms with E-state index in [1.54, 1.807) is 36.6 Å². The maximum absolute atomic E-state index is 11.6. The van der Waals surface area contributed by atoms with Crippen LogP contribution in [-0.2, 0) is 0 Å². The Labute approximate surface area is 118 Å². The fourth-order valence-corrected chi connectivity index (χ4v) is 2.15. The summed E-state index contributed by atoms with van der Waals surface area (Å²) in [5.74, 6) is -0.308. The van der Waals surface area contributed by atoms with E-state index in [0.29, 0.717) is 16.0 Å². The van der Waals surface area contributed by atoms with Gasteiger partial charge in [-0.25, -0.2) is 5.43 Å². The van der Waals surface area contributed by atoms with Gasteiger partial charge < -0.3 is 0 Å². The van der Waals surface area contributed by atoms with E-state index >= 15 is 0 Å².